The highest BCUT2D eigenvalue weighted by Crippen LogP contribution is 2.39. The van der Waals surface area contributed by atoms with E-state index < -0.39 is 0 Å². The van der Waals surface area contributed by atoms with E-state index in [-0.39, 0.29) is 6.04 Å². The monoisotopic (exact) mass is 267 g/mol. The molecule has 1 heterocycles. The van der Waals surface area contributed by atoms with Crippen molar-refractivity contribution in [1.29, 1.82) is 0 Å². The number of hydrogen-bond acceptors (Lipinski definition) is 3. The van der Waals surface area contributed by atoms with Gasteiger partial charge in [0.05, 0.1) is 12.6 Å². The quantitative estimate of drug-likeness (QED) is 0.876. The summed E-state index contributed by atoms with van der Waals surface area (Å²) < 4.78 is 5.53. The van der Waals surface area contributed by atoms with Crippen LogP contribution in [-0.4, -0.2) is 11.7 Å². The first-order valence-electron chi connectivity index (χ1n) is 7.14. The Balaban J connectivity index is 1.61. The summed E-state index contributed by atoms with van der Waals surface area (Å²) in [6.07, 6.45) is 2.96. The molecule has 2 N–H and O–H groups in total. The second-order valence-corrected chi connectivity index (χ2v) is 5.50. The standard InChI is InChI=1S/C17H17NO2/c19-16-3-1-2-13-14(16)5-6-15(13)18-12-4-7-17-11(10-12)8-9-20-17/h1-4,7,10,15,18-19H,5-6,8-9H2. The summed E-state index contributed by atoms with van der Waals surface area (Å²) in [4.78, 5) is 0. The molecule has 0 aromatic heterocycles. The zero-order valence-electron chi connectivity index (χ0n) is 11.2. The molecule has 0 spiro atoms. The summed E-state index contributed by atoms with van der Waals surface area (Å²) in [7, 11) is 0. The van der Waals surface area contributed by atoms with Crippen LogP contribution in [0.4, 0.5) is 5.69 Å². The molecule has 3 nitrogen and oxygen atoms in total. The third-order valence-corrected chi connectivity index (χ3v) is 4.28. The fourth-order valence-electron chi connectivity index (χ4n) is 3.26. The van der Waals surface area contributed by atoms with E-state index in [9.17, 15) is 5.11 Å². The first-order valence-corrected chi connectivity index (χ1v) is 7.14. The third kappa shape index (κ3) is 1.82. The predicted molar refractivity (Wildman–Crippen MR) is 78.4 cm³/mol. The van der Waals surface area contributed by atoms with Crippen molar-refractivity contribution < 1.29 is 9.84 Å². The van der Waals surface area contributed by atoms with E-state index in [0.29, 0.717) is 5.75 Å². The second-order valence-electron chi connectivity index (χ2n) is 5.50. The minimum atomic E-state index is 0.289. The molecule has 0 fully saturated rings. The second kappa shape index (κ2) is 4.44. The van der Waals surface area contributed by atoms with Crippen LogP contribution in [0, 0.1) is 0 Å². The lowest BCUT2D eigenvalue weighted by molar-refractivity contribution is 0.357. The van der Waals surface area contributed by atoms with E-state index in [4.69, 9.17) is 4.74 Å². The van der Waals surface area contributed by atoms with Gasteiger partial charge in [-0.15, -0.1) is 0 Å². The number of benzene rings is 2. The summed E-state index contributed by atoms with van der Waals surface area (Å²) >= 11 is 0. The number of ether oxygens (including phenoxy) is 1. The lowest BCUT2D eigenvalue weighted by Crippen LogP contribution is -2.07. The number of phenolic OH excluding ortho intramolecular Hbond substituents is 1. The Hall–Kier alpha value is -2.16. The van der Waals surface area contributed by atoms with Crippen molar-refractivity contribution in [3.63, 3.8) is 0 Å². The maximum atomic E-state index is 9.90. The van der Waals surface area contributed by atoms with E-state index in [0.717, 1.165) is 42.9 Å². The van der Waals surface area contributed by atoms with Crippen LogP contribution >= 0.6 is 0 Å². The van der Waals surface area contributed by atoms with E-state index in [2.05, 4.69) is 23.5 Å². The zero-order valence-corrected chi connectivity index (χ0v) is 11.2. The number of rotatable bonds is 2. The molecule has 3 heteroatoms. The van der Waals surface area contributed by atoms with Crippen LogP contribution in [0.2, 0.25) is 0 Å². The van der Waals surface area contributed by atoms with Crippen molar-refractivity contribution in [3.05, 3.63) is 53.1 Å². The van der Waals surface area contributed by atoms with E-state index >= 15 is 0 Å². The molecule has 0 radical (unpaired) electrons. The number of aromatic hydroxyl groups is 1. The molecule has 1 atom stereocenters. The molecule has 2 aliphatic rings. The smallest absolute Gasteiger partial charge is 0.122 e. The predicted octanol–water partition coefficient (Wildman–Crippen LogP) is 3.43. The maximum absolute atomic E-state index is 9.90. The molecule has 0 saturated carbocycles. The van der Waals surface area contributed by atoms with Crippen LogP contribution < -0.4 is 10.1 Å². The van der Waals surface area contributed by atoms with Crippen LogP contribution in [0.15, 0.2) is 36.4 Å². The molecule has 0 bridgehead atoms. The average Bonchev–Trinajstić information content (AvgIpc) is 3.06. The Bertz CT molecular complexity index is 666. The van der Waals surface area contributed by atoms with Gasteiger partial charge >= 0.3 is 0 Å². The summed E-state index contributed by atoms with van der Waals surface area (Å²) in [5.74, 6) is 1.44. The van der Waals surface area contributed by atoms with Crippen molar-refractivity contribution in [1.82, 2.24) is 0 Å². The highest BCUT2D eigenvalue weighted by molar-refractivity contribution is 5.55. The van der Waals surface area contributed by atoms with Gasteiger partial charge < -0.3 is 15.2 Å². The molecule has 102 valence electrons. The molecule has 1 aliphatic heterocycles. The van der Waals surface area contributed by atoms with Crippen LogP contribution in [-0.2, 0) is 12.8 Å². The van der Waals surface area contributed by atoms with Crippen LogP contribution in [0.3, 0.4) is 0 Å². The Labute approximate surface area is 118 Å². The fourth-order valence-corrected chi connectivity index (χ4v) is 3.26. The van der Waals surface area contributed by atoms with E-state index in [1.807, 2.05) is 12.1 Å². The number of hydrogen-bond donors (Lipinski definition) is 2. The van der Waals surface area contributed by atoms with Crippen molar-refractivity contribution >= 4 is 5.69 Å². The lowest BCUT2D eigenvalue weighted by atomic mass is 10.1. The summed E-state index contributed by atoms with van der Waals surface area (Å²) in [5.41, 5.74) is 4.73. The largest absolute Gasteiger partial charge is 0.508 e. The van der Waals surface area contributed by atoms with Gasteiger partial charge in [-0.2, -0.15) is 0 Å². The van der Waals surface area contributed by atoms with Crippen LogP contribution in [0.1, 0.15) is 29.2 Å². The minimum absolute atomic E-state index is 0.289. The Morgan fingerprint density at radius 3 is 3.05 bits per heavy atom. The Kier molecular flexibility index (Phi) is 2.59. The fraction of sp³-hybridized carbons (Fsp3) is 0.294. The number of nitrogens with one attached hydrogen (secondary N) is 1. The van der Waals surface area contributed by atoms with E-state index in [1.165, 1.54) is 11.1 Å². The molecule has 1 aliphatic carbocycles. The van der Waals surface area contributed by atoms with Gasteiger partial charge in [-0.05, 0) is 53.8 Å². The molecule has 20 heavy (non-hydrogen) atoms. The normalized spacial score (nSPS) is 19.3. The topological polar surface area (TPSA) is 41.5 Å². The zero-order chi connectivity index (χ0) is 13.5. The van der Waals surface area contributed by atoms with Crippen molar-refractivity contribution in [2.45, 2.75) is 25.3 Å². The summed E-state index contributed by atoms with van der Waals surface area (Å²) in [6, 6.07) is 12.4. The molecule has 0 saturated heterocycles. The van der Waals surface area contributed by atoms with Gasteiger partial charge in [0.15, 0.2) is 0 Å². The van der Waals surface area contributed by atoms with Gasteiger partial charge in [-0.3, -0.25) is 0 Å². The highest BCUT2D eigenvalue weighted by atomic mass is 16.5. The van der Waals surface area contributed by atoms with E-state index in [1.54, 1.807) is 6.07 Å². The van der Waals surface area contributed by atoms with Gasteiger partial charge in [0.2, 0.25) is 0 Å². The number of fused-ring (bicyclic) bond motifs is 2. The molecule has 0 amide bonds. The average molecular weight is 267 g/mol. The van der Waals surface area contributed by atoms with Gasteiger partial charge in [-0.25, -0.2) is 0 Å². The SMILES string of the molecule is Oc1cccc2c1CCC2Nc1ccc2c(c1)CCO2. The maximum Gasteiger partial charge on any atom is 0.122 e. The van der Waals surface area contributed by atoms with Gasteiger partial charge in [-0.1, -0.05) is 12.1 Å². The summed E-state index contributed by atoms with van der Waals surface area (Å²) in [6.45, 7) is 0.791. The van der Waals surface area contributed by atoms with Gasteiger partial charge in [0, 0.05) is 12.1 Å². The first kappa shape index (κ1) is 11.6. The van der Waals surface area contributed by atoms with Crippen LogP contribution in [0.5, 0.6) is 11.5 Å². The third-order valence-electron chi connectivity index (χ3n) is 4.28. The molecule has 2 aromatic carbocycles. The Morgan fingerprint density at radius 2 is 2.10 bits per heavy atom. The van der Waals surface area contributed by atoms with Crippen LogP contribution in [0.25, 0.3) is 0 Å². The lowest BCUT2D eigenvalue weighted by Gasteiger charge is -2.16. The molecule has 4 rings (SSSR count). The first-order chi connectivity index (χ1) is 9.81. The van der Waals surface area contributed by atoms with Crippen molar-refractivity contribution in [3.8, 4) is 11.5 Å². The highest BCUT2D eigenvalue weighted by Gasteiger charge is 2.24. The minimum Gasteiger partial charge on any atom is -0.508 e. The molecular formula is C17H17NO2. The van der Waals surface area contributed by atoms with Gasteiger partial charge in [0.1, 0.15) is 11.5 Å². The summed E-state index contributed by atoms with van der Waals surface area (Å²) in [5, 5.41) is 13.5. The molecule has 2 aromatic rings. The Morgan fingerprint density at radius 1 is 1.15 bits per heavy atom. The van der Waals surface area contributed by atoms with Gasteiger partial charge in [0.25, 0.3) is 0 Å². The number of anilines is 1. The molecular weight excluding hydrogens is 250 g/mol. The van der Waals surface area contributed by atoms with Crippen molar-refractivity contribution in [2.75, 3.05) is 11.9 Å². The van der Waals surface area contributed by atoms with Crippen molar-refractivity contribution in [2.24, 2.45) is 0 Å². The number of phenols is 1. The molecule has 1 unspecified atom stereocenters.